The van der Waals surface area contributed by atoms with Gasteiger partial charge >= 0.3 is 12.0 Å². The Labute approximate surface area is 86.9 Å². The van der Waals surface area contributed by atoms with Gasteiger partial charge in [0.1, 0.15) is 5.82 Å². The van der Waals surface area contributed by atoms with Gasteiger partial charge in [0.05, 0.1) is 5.92 Å². The molecule has 2 rings (SSSR count). The molecule has 0 spiro atoms. The van der Waals surface area contributed by atoms with Gasteiger partial charge in [-0.05, 0) is 19.0 Å². The van der Waals surface area contributed by atoms with Gasteiger partial charge in [-0.1, -0.05) is 0 Å². The smallest absolute Gasteiger partial charge is 0.326 e. The summed E-state index contributed by atoms with van der Waals surface area (Å²) >= 11 is 0. The predicted octanol–water partition coefficient (Wildman–Crippen LogP) is -0.426. The minimum absolute atomic E-state index is 0.0203. The Hall–Kier alpha value is -1.69. The summed E-state index contributed by atoms with van der Waals surface area (Å²) in [6.07, 6.45) is 2.25. The van der Waals surface area contributed by atoms with E-state index < -0.39 is 0 Å². The number of esters is 1. The fraction of sp³-hybridized carbons (Fsp3) is 0.444. The van der Waals surface area contributed by atoms with Gasteiger partial charge in [-0.3, -0.25) is 4.79 Å². The molecule has 0 bridgehead atoms. The lowest BCUT2D eigenvalue weighted by Crippen LogP contribution is -2.23. The van der Waals surface area contributed by atoms with E-state index in [-0.39, 0.29) is 23.7 Å². The highest BCUT2D eigenvalue weighted by molar-refractivity contribution is 5.75. The number of hydrogen-bond donors (Lipinski definition) is 2. The molecule has 0 aromatic carbocycles. The number of rotatable bonds is 2. The molecule has 1 aliphatic rings. The summed E-state index contributed by atoms with van der Waals surface area (Å²) in [4.78, 5) is 19.1. The highest BCUT2D eigenvalue weighted by atomic mass is 16.5. The molecule has 1 aromatic heterocycles. The molecule has 1 aliphatic heterocycles. The van der Waals surface area contributed by atoms with E-state index in [0.29, 0.717) is 6.54 Å². The van der Waals surface area contributed by atoms with Crippen LogP contribution in [0.25, 0.3) is 0 Å². The maximum absolute atomic E-state index is 11.5. The highest BCUT2D eigenvalue weighted by Crippen LogP contribution is 2.12. The van der Waals surface area contributed by atoms with Crippen LogP contribution in [0, 0.1) is 5.92 Å². The second-order valence-corrected chi connectivity index (χ2v) is 3.37. The number of hydrogen-bond acceptors (Lipinski definition) is 6. The van der Waals surface area contributed by atoms with Gasteiger partial charge in [-0.15, -0.1) is 0 Å². The third-order valence-electron chi connectivity index (χ3n) is 2.24. The van der Waals surface area contributed by atoms with Gasteiger partial charge in [-0.2, -0.15) is 4.98 Å². The first-order chi connectivity index (χ1) is 7.25. The summed E-state index contributed by atoms with van der Waals surface area (Å²) in [5.74, 6) is -0.113. The zero-order valence-electron chi connectivity index (χ0n) is 8.14. The molecular weight excluding hydrogens is 196 g/mol. The predicted molar refractivity (Wildman–Crippen MR) is 53.1 cm³/mol. The van der Waals surface area contributed by atoms with E-state index in [9.17, 15) is 4.79 Å². The van der Waals surface area contributed by atoms with Gasteiger partial charge in [0, 0.05) is 12.7 Å². The number of nitrogens with two attached hydrogens (primary N) is 1. The molecule has 3 N–H and O–H groups in total. The van der Waals surface area contributed by atoms with Crippen LogP contribution in [0.1, 0.15) is 6.42 Å². The quantitative estimate of drug-likeness (QED) is 0.641. The van der Waals surface area contributed by atoms with E-state index in [1.165, 1.54) is 12.3 Å². The van der Waals surface area contributed by atoms with Crippen molar-refractivity contribution in [1.29, 1.82) is 0 Å². The fourth-order valence-corrected chi connectivity index (χ4v) is 1.43. The number of nitrogens with zero attached hydrogens (tertiary/aromatic N) is 2. The summed E-state index contributed by atoms with van der Waals surface area (Å²) in [6.45, 7) is 1.50. The molecule has 0 amide bonds. The van der Waals surface area contributed by atoms with Crippen LogP contribution in [-0.4, -0.2) is 29.0 Å². The van der Waals surface area contributed by atoms with Crippen LogP contribution < -0.4 is 15.8 Å². The molecular formula is C9H12N4O2. The first kappa shape index (κ1) is 9.85. The standard InChI is InChI=1S/C9H12N4O2/c10-7-2-4-12-9(13-7)15-8(14)6-1-3-11-5-6/h2,4,6,11H,1,3,5H2,(H2,10,12,13). The van der Waals surface area contributed by atoms with Crippen LogP contribution in [0.2, 0.25) is 0 Å². The third kappa shape index (κ3) is 2.41. The zero-order chi connectivity index (χ0) is 10.7. The second-order valence-electron chi connectivity index (χ2n) is 3.37. The molecule has 1 saturated heterocycles. The molecule has 0 radical (unpaired) electrons. The van der Waals surface area contributed by atoms with E-state index >= 15 is 0 Å². The van der Waals surface area contributed by atoms with Crippen LogP contribution in [-0.2, 0) is 4.79 Å². The number of ether oxygens (including phenoxy) is 1. The van der Waals surface area contributed by atoms with Gasteiger partial charge in [0.15, 0.2) is 0 Å². The van der Waals surface area contributed by atoms with Gasteiger partial charge < -0.3 is 15.8 Å². The minimum atomic E-state index is -0.300. The Bertz CT molecular complexity index is 363. The minimum Gasteiger partial charge on any atom is -0.391 e. The Morgan fingerprint density at radius 2 is 2.53 bits per heavy atom. The van der Waals surface area contributed by atoms with Crippen molar-refractivity contribution in [2.45, 2.75) is 6.42 Å². The number of carbonyl (C=O) groups excluding carboxylic acids is 1. The van der Waals surface area contributed by atoms with Crippen LogP contribution in [0.4, 0.5) is 5.82 Å². The van der Waals surface area contributed by atoms with E-state index in [4.69, 9.17) is 10.5 Å². The van der Waals surface area contributed by atoms with Crippen molar-refractivity contribution in [2.24, 2.45) is 5.92 Å². The first-order valence-corrected chi connectivity index (χ1v) is 4.76. The number of nitrogen functional groups attached to an aromatic ring is 1. The molecule has 6 nitrogen and oxygen atoms in total. The Morgan fingerprint density at radius 3 is 3.20 bits per heavy atom. The molecule has 80 valence electrons. The van der Waals surface area contributed by atoms with Crippen molar-refractivity contribution >= 4 is 11.8 Å². The van der Waals surface area contributed by atoms with Crippen molar-refractivity contribution in [2.75, 3.05) is 18.8 Å². The molecule has 2 heterocycles. The maximum Gasteiger partial charge on any atom is 0.326 e. The number of carbonyl (C=O) groups is 1. The third-order valence-corrected chi connectivity index (χ3v) is 2.24. The Balaban J connectivity index is 1.99. The normalized spacial score (nSPS) is 20.1. The molecule has 1 unspecified atom stereocenters. The average Bonchev–Trinajstić information content (AvgIpc) is 2.70. The van der Waals surface area contributed by atoms with E-state index in [0.717, 1.165) is 13.0 Å². The van der Waals surface area contributed by atoms with Crippen molar-refractivity contribution in [3.63, 3.8) is 0 Å². The Morgan fingerprint density at radius 1 is 1.67 bits per heavy atom. The largest absolute Gasteiger partial charge is 0.391 e. The topological polar surface area (TPSA) is 90.1 Å². The maximum atomic E-state index is 11.5. The fourth-order valence-electron chi connectivity index (χ4n) is 1.43. The van der Waals surface area contributed by atoms with Crippen LogP contribution in [0.5, 0.6) is 6.01 Å². The van der Waals surface area contributed by atoms with Crippen molar-refractivity contribution in [3.8, 4) is 6.01 Å². The monoisotopic (exact) mass is 208 g/mol. The van der Waals surface area contributed by atoms with Gasteiger partial charge in [-0.25, -0.2) is 4.98 Å². The lowest BCUT2D eigenvalue weighted by molar-refractivity contribution is -0.138. The lowest BCUT2D eigenvalue weighted by Gasteiger charge is -2.06. The summed E-state index contributed by atoms with van der Waals surface area (Å²) in [5.41, 5.74) is 5.43. The summed E-state index contributed by atoms with van der Waals surface area (Å²) in [6, 6.07) is 1.56. The average molecular weight is 208 g/mol. The molecule has 15 heavy (non-hydrogen) atoms. The molecule has 0 aliphatic carbocycles. The zero-order valence-corrected chi connectivity index (χ0v) is 8.14. The first-order valence-electron chi connectivity index (χ1n) is 4.76. The molecule has 1 aromatic rings. The number of nitrogens with one attached hydrogen (secondary N) is 1. The van der Waals surface area contributed by atoms with Crippen LogP contribution in [0.15, 0.2) is 12.3 Å². The lowest BCUT2D eigenvalue weighted by atomic mass is 10.1. The van der Waals surface area contributed by atoms with Crippen molar-refractivity contribution in [1.82, 2.24) is 15.3 Å². The van der Waals surface area contributed by atoms with Crippen LogP contribution >= 0.6 is 0 Å². The highest BCUT2D eigenvalue weighted by Gasteiger charge is 2.24. The van der Waals surface area contributed by atoms with E-state index in [1.54, 1.807) is 0 Å². The van der Waals surface area contributed by atoms with Crippen molar-refractivity contribution < 1.29 is 9.53 Å². The van der Waals surface area contributed by atoms with E-state index in [2.05, 4.69) is 15.3 Å². The van der Waals surface area contributed by atoms with Gasteiger partial charge in [0.2, 0.25) is 0 Å². The van der Waals surface area contributed by atoms with E-state index in [1.807, 2.05) is 0 Å². The van der Waals surface area contributed by atoms with Crippen molar-refractivity contribution in [3.05, 3.63) is 12.3 Å². The SMILES string of the molecule is Nc1ccnc(OC(=O)C2CCNC2)n1. The summed E-state index contributed by atoms with van der Waals surface area (Å²) in [5, 5.41) is 3.08. The summed E-state index contributed by atoms with van der Waals surface area (Å²) < 4.78 is 5.00. The molecule has 1 atom stereocenters. The second kappa shape index (κ2) is 4.22. The molecule has 0 saturated carbocycles. The molecule has 1 fully saturated rings. The number of aromatic nitrogens is 2. The molecule has 6 heteroatoms. The summed E-state index contributed by atoms with van der Waals surface area (Å²) in [7, 11) is 0. The van der Waals surface area contributed by atoms with Gasteiger partial charge in [0.25, 0.3) is 0 Å². The number of anilines is 1. The Kier molecular flexibility index (Phi) is 2.77. The van der Waals surface area contributed by atoms with Crippen LogP contribution in [0.3, 0.4) is 0 Å².